The fraction of sp³-hybridized carbons (Fsp3) is 0.417. The average molecular weight is 316 g/mol. The van der Waals surface area contributed by atoms with Gasteiger partial charge in [-0.3, -0.25) is 14.9 Å². The lowest BCUT2D eigenvalue weighted by atomic mass is 10.3. The van der Waals surface area contributed by atoms with Crippen molar-refractivity contribution in [3.05, 3.63) is 34.4 Å². The highest BCUT2D eigenvalue weighted by molar-refractivity contribution is 7.89. The van der Waals surface area contributed by atoms with E-state index in [0.717, 1.165) is 10.4 Å². The number of hydrogen-bond acceptors (Lipinski definition) is 6. The highest BCUT2D eigenvalue weighted by atomic mass is 32.2. The van der Waals surface area contributed by atoms with Crippen molar-refractivity contribution in [2.24, 2.45) is 0 Å². The highest BCUT2D eigenvalue weighted by Crippen LogP contribution is 2.21. The maximum absolute atomic E-state index is 12.4. The van der Waals surface area contributed by atoms with Crippen LogP contribution in [-0.4, -0.2) is 43.8 Å². The van der Waals surface area contributed by atoms with Gasteiger partial charge in [-0.05, 0) is 6.07 Å². The zero-order chi connectivity index (χ0) is 16.0. The van der Waals surface area contributed by atoms with Crippen molar-refractivity contribution in [3.8, 4) is 0 Å². The van der Waals surface area contributed by atoms with Crippen LogP contribution >= 0.6 is 0 Å². The molecule has 0 saturated carbocycles. The van der Waals surface area contributed by atoms with Gasteiger partial charge in [0, 0.05) is 25.2 Å². The van der Waals surface area contributed by atoms with Gasteiger partial charge in [-0.25, -0.2) is 8.42 Å². The Bertz CT molecular complexity index is 628. The zero-order valence-corrected chi connectivity index (χ0v) is 12.5. The number of carbonyl (C=O) groups excluding carboxylic acids is 1. The van der Waals surface area contributed by atoms with E-state index in [0.29, 0.717) is 0 Å². The lowest BCUT2D eigenvalue weighted by molar-refractivity contribution is -0.385. The zero-order valence-electron chi connectivity index (χ0n) is 11.7. The molecular weight excluding hydrogens is 300 g/mol. The van der Waals surface area contributed by atoms with Crippen molar-refractivity contribution in [3.63, 3.8) is 0 Å². The summed E-state index contributed by atoms with van der Waals surface area (Å²) in [7, 11) is -2.67. The molecule has 0 spiro atoms. The number of esters is 1. The maximum Gasteiger partial charge on any atom is 0.306 e. The van der Waals surface area contributed by atoms with E-state index in [4.69, 9.17) is 0 Å². The number of methoxy groups -OCH3 is 1. The fourth-order valence-electron chi connectivity index (χ4n) is 1.67. The fourth-order valence-corrected chi connectivity index (χ4v) is 3.16. The van der Waals surface area contributed by atoms with Gasteiger partial charge < -0.3 is 4.74 Å². The van der Waals surface area contributed by atoms with Crippen molar-refractivity contribution in [2.45, 2.75) is 18.2 Å². The molecule has 8 nitrogen and oxygen atoms in total. The molecule has 0 aliphatic heterocycles. The second-order valence-electron chi connectivity index (χ2n) is 4.08. The minimum Gasteiger partial charge on any atom is -0.469 e. The van der Waals surface area contributed by atoms with Crippen molar-refractivity contribution in [1.29, 1.82) is 0 Å². The first kappa shape index (κ1) is 17.1. The molecule has 0 aromatic heterocycles. The summed E-state index contributed by atoms with van der Waals surface area (Å²) in [5, 5.41) is 10.7. The van der Waals surface area contributed by atoms with Crippen LogP contribution in [0.4, 0.5) is 5.69 Å². The van der Waals surface area contributed by atoms with E-state index < -0.39 is 20.9 Å². The van der Waals surface area contributed by atoms with Crippen LogP contribution in [0.5, 0.6) is 0 Å². The van der Waals surface area contributed by atoms with Gasteiger partial charge in [0.25, 0.3) is 5.69 Å². The van der Waals surface area contributed by atoms with E-state index in [2.05, 4.69) is 4.74 Å². The third-order valence-electron chi connectivity index (χ3n) is 2.81. The molecule has 0 fully saturated rings. The van der Waals surface area contributed by atoms with Crippen molar-refractivity contribution >= 4 is 21.7 Å². The Hall–Kier alpha value is -2.00. The SMILES string of the molecule is CCN(CCC(=O)OC)S(=O)(=O)c1cccc([N+](=O)[O-])c1. The number of nitro benzene ring substituents is 1. The Morgan fingerprint density at radius 1 is 1.43 bits per heavy atom. The molecule has 0 N–H and O–H groups in total. The molecule has 0 unspecified atom stereocenters. The van der Waals surface area contributed by atoms with Gasteiger partial charge in [-0.2, -0.15) is 4.31 Å². The van der Waals surface area contributed by atoms with Gasteiger partial charge >= 0.3 is 5.97 Å². The smallest absolute Gasteiger partial charge is 0.306 e. The molecule has 0 radical (unpaired) electrons. The van der Waals surface area contributed by atoms with E-state index in [9.17, 15) is 23.3 Å². The number of non-ortho nitro benzene ring substituents is 1. The lowest BCUT2D eigenvalue weighted by Crippen LogP contribution is -2.33. The van der Waals surface area contributed by atoms with Crippen molar-refractivity contribution < 1.29 is 22.9 Å². The van der Waals surface area contributed by atoms with Gasteiger partial charge in [0.15, 0.2) is 0 Å². The number of nitrogens with zero attached hydrogens (tertiary/aromatic N) is 2. The average Bonchev–Trinajstić information content (AvgIpc) is 2.47. The topological polar surface area (TPSA) is 107 Å². The Labute approximate surface area is 122 Å². The number of ether oxygens (including phenoxy) is 1. The minimum atomic E-state index is -3.89. The predicted molar refractivity (Wildman–Crippen MR) is 74.2 cm³/mol. The first-order valence-electron chi connectivity index (χ1n) is 6.14. The van der Waals surface area contributed by atoms with Gasteiger partial charge in [0.05, 0.1) is 23.3 Å². The highest BCUT2D eigenvalue weighted by Gasteiger charge is 2.25. The molecule has 1 rings (SSSR count). The van der Waals surface area contributed by atoms with Gasteiger partial charge in [-0.1, -0.05) is 13.0 Å². The normalized spacial score (nSPS) is 11.4. The Kier molecular flexibility index (Phi) is 5.79. The molecule has 0 saturated heterocycles. The molecule has 0 aliphatic rings. The van der Waals surface area contributed by atoms with Crippen LogP contribution in [0.15, 0.2) is 29.2 Å². The maximum atomic E-state index is 12.4. The first-order chi connectivity index (χ1) is 9.82. The molecule has 0 aliphatic carbocycles. The molecule has 21 heavy (non-hydrogen) atoms. The summed E-state index contributed by atoms with van der Waals surface area (Å²) in [6, 6.07) is 4.79. The quantitative estimate of drug-likeness (QED) is 0.424. The molecule has 1 aromatic rings. The monoisotopic (exact) mass is 316 g/mol. The Morgan fingerprint density at radius 3 is 2.62 bits per heavy atom. The summed E-state index contributed by atoms with van der Waals surface area (Å²) in [6.45, 7) is 1.71. The molecule has 0 bridgehead atoms. The number of nitro groups is 1. The third-order valence-corrected chi connectivity index (χ3v) is 4.78. The Balaban J connectivity index is 3.04. The lowest BCUT2D eigenvalue weighted by Gasteiger charge is -2.19. The Morgan fingerprint density at radius 2 is 2.10 bits per heavy atom. The van der Waals surface area contributed by atoms with Crippen LogP contribution in [-0.2, 0) is 19.6 Å². The van der Waals surface area contributed by atoms with Crippen LogP contribution in [0.25, 0.3) is 0 Å². The first-order valence-corrected chi connectivity index (χ1v) is 7.58. The molecule has 116 valence electrons. The van der Waals surface area contributed by atoms with Crippen molar-refractivity contribution in [2.75, 3.05) is 20.2 Å². The van der Waals surface area contributed by atoms with Crippen LogP contribution in [0.3, 0.4) is 0 Å². The van der Waals surface area contributed by atoms with E-state index in [1.54, 1.807) is 6.92 Å². The van der Waals surface area contributed by atoms with Crippen LogP contribution in [0, 0.1) is 10.1 Å². The molecular formula is C12H16N2O6S. The minimum absolute atomic E-state index is 0.0474. The second kappa shape index (κ2) is 7.14. The van der Waals surface area contributed by atoms with E-state index in [1.165, 1.54) is 25.3 Å². The predicted octanol–water partition coefficient (Wildman–Crippen LogP) is 1.17. The van der Waals surface area contributed by atoms with E-state index in [1.807, 2.05) is 0 Å². The number of hydrogen-bond donors (Lipinski definition) is 0. The number of sulfonamides is 1. The standard InChI is InChI=1S/C12H16N2O6S/c1-3-13(8-7-12(15)20-2)21(18,19)11-6-4-5-10(9-11)14(16)17/h4-6,9H,3,7-8H2,1-2H3. The number of benzene rings is 1. The van der Waals surface area contributed by atoms with Gasteiger partial charge in [-0.15, -0.1) is 0 Å². The molecule has 9 heteroatoms. The third kappa shape index (κ3) is 4.23. The van der Waals surface area contributed by atoms with Crippen LogP contribution < -0.4 is 0 Å². The van der Waals surface area contributed by atoms with Crippen molar-refractivity contribution in [1.82, 2.24) is 4.31 Å². The summed E-state index contributed by atoms with van der Waals surface area (Å²) >= 11 is 0. The molecule has 0 heterocycles. The summed E-state index contributed by atoms with van der Waals surface area (Å²) in [4.78, 5) is 21.0. The molecule has 0 atom stereocenters. The number of rotatable bonds is 7. The molecule has 1 aromatic carbocycles. The summed E-state index contributed by atoms with van der Waals surface area (Å²) < 4.78 is 30.3. The summed E-state index contributed by atoms with van der Waals surface area (Å²) in [6.07, 6.45) is -0.0848. The van der Waals surface area contributed by atoms with E-state index >= 15 is 0 Å². The van der Waals surface area contributed by atoms with Crippen LogP contribution in [0.2, 0.25) is 0 Å². The van der Waals surface area contributed by atoms with E-state index in [-0.39, 0.29) is 30.1 Å². The second-order valence-corrected chi connectivity index (χ2v) is 6.02. The summed E-state index contributed by atoms with van der Waals surface area (Å²) in [5.41, 5.74) is -0.305. The largest absolute Gasteiger partial charge is 0.469 e. The van der Waals surface area contributed by atoms with Crippen LogP contribution in [0.1, 0.15) is 13.3 Å². The number of carbonyl (C=O) groups is 1. The van der Waals surface area contributed by atoms with Gasteiger partial charge in [0.2, 0.25) is 10.0 Å². The summed E-state index contributed by atoms with van der Waals surface area (Å²) in [5.74, 6) is -0.525. The molecule has 0 amide bonds. The van der Waals surface area contributed by atoms with Gasteiger partial charge in [0.1, 0.15) is 0 Å².